The van der Waals surface area contributed by atoms with Crippen LogP contribution in [-0.2, 0) is 0 Å². The molecule has 0 heterocycles. The molecule has 0 aliphatic carbocycles. The van der Waals surface area contributed by atoms with Crippen molar-refractivity contribution in [3.63, 3.8) is 0 Å². The first-order chi connectivity index (χ1) is 7.04. The van der Waals surface area contributed by atoms with Crippen LogP contribution in [0.2, 0.25) is 0 Å². The Morgan fingerprint density at radius 2 is 1.60 bits per heavy atom. The summed E-state index contributed by atoms with van der Waals surface area (Å²) < 4.78 is 0. The Balaban J connectivity index is 2.73. The molecule has 2 atom stereocenters. The number of nitrogens with zero attached hydrogens (tertiary/aromatic N) is 1. The molecular formula is C13H20NO-. The molecule has 2 heteroatoms. The van der Waals surface area contributed by atoms with Gasteiger partial charge in [0.15, 0.2) is 0 Å². The average molecular weight is 206 g/mol. The minimum absolute atomic E-state index is 0.0207. The smallest absolute Gasteiger partial charge is 0.00380 e. The minimum Gasteiger partial charge on any atom is -0.847 e. The van der Waals surface area contributed by atoms with E-state index in [9.17, 15) is 5.11 Å². The SMILES string of the molecule is CC(C)N(C)[C@@H](C)[C@H]([O-])c1ccccc1. The molecule has 84 valence electrons. The van der Waals surface area contributed by atoms with E-state index in [0.29, 0.717) is 6.04 Å². The zero-order chi connectivity index (χ0) is 11.4. The summed E-state index contributed by atoms with van der Waals surface area (Å²) in [6.45, 7) is 6.20. The van der Waals surface area contributed by atoms with Gasteiger partial charge >= 0.3 is 0 Å². The second kappa shape index (κ2) is 5.29. The quantitative estimate of drug-likeness (QED) is 0.751. The first-order valence-electron chi connectivity index (χ1n) is 5.46. The van der Waals surface area contributed by atoms with Gasteiger partial charge in [-0.25, -0.2) is 0 Å². The number of rotatable bonds is 4. The molecule has 1 rings (SSSR count). The maximum Gasteiger partial charge on any atom is 0.00380 e. The summed E-state index contributed by atoms with van der Waals surface area (Å²) in [6, 6.07) is 10.0. The molecule has 1 aromatic carbocycles. The van der Waals surface area contributed by atoms with Gasteiger partial charge in [-0.1, -0.05) is 48.9 Å². The minimum atomic E-state index is -0.668. The first-order valence-corrected chi connectivity index (χ1v) is 5.46. The van der Waals surface area contributed by atoms with Crippen molar-refractivity contribution in [1.82, 2.24) is 4.90 Å². The summed E-state index contributed by atoms with van der Waals surface area (Å²) in [4.78, 5) is 2.12. The predicted octanol–water partition coefficient (Wildman–Crippen LogP) is 1.82. The van der Waals surface area contributed by atoms with Crippen LogP contribution in [0.25, 0.3) is 0 Å². The van der Waals surface area contributed by atoms with Crippen LogP contribution < -0.4 is 5.11 Å². The molecule has 0 bridgehead atoms. The topological polar surface area (TPSA) is 26.3 Å². The maximum absolute atomic E-state index is 12.1. The lowest BCUT2D eigenvalue weighted by atomic mass is 10.0. The van der Waals surface area contributed by atoms with Crippen molar-refractivity contribution in [3.05, 3.63) is 35.9 Å². The van der Waals surface area contributed by atoms with Gasteiger partial charge in [-0.15, -0.1) is 0 Å². The molecule has 0 radical (unpaired) electrons. The van der Waals surface area contributed by atoms with Crippen molar-refractivity contribution in [3.8, 4) is 0 Å². The fourth-order valence-electron chi connectivity index (χ4n) is 1.61. The van der Waals surface area contributed by atoms with Gasteiger partial charge in [-0.3, -0.25) is 0 Å². The molecule has 0 saturated carbocycles. The monoisotopic (exact) mass is 206 g/mol. The highest BCUT2D eigenvalue weighted by Gasteiger charge is 2.15. The van der Waals surface area contributed by atoms with Crippen LogP contribution in [0.3, 0.4) is 0 Å². The summed E-state index contributed by atoms with van der Waals surface area (Å²) in [5, 5.41) is 12.1. The van der Waals surface area contributed by atoms with Crippen LogP contribution >= 0.6 is 0 Å². The largest absolute Gasteiger partial charge is 0.847 e. The van der Waals surface area contributed by atoms with Crippen LogP contribution in [0.15, 0.2) is 30.3 Å². The molecule has 0 aromatic heterocycles. The Morgan fingerprint density at radius 1 is 1.07 bits per heavy atom. The molecular weight excluding hydrogens is 186 g/mol. The Morgan fingerprint density at radius 3 is 2.07 bits per heavy atom. The molecule has 0 N–H and O–H groups in total. The Hall–Kier alpha value is -0.860. The van der Waals surface area contributed by atoms with Crippen molar-refractivity contribution in [2.45, 2.75) is 39.0 Å². The molecule has 0 aliphatic heterocycles. The van der Waals surface area contributed by atoms with Crippen LogP contribution in [0, 0.1) is 0 Å². The van der Waals surface area contributed by atoms with Crippen molar-refractivity contribution < 1.29 is 5.11 Å². The third kappa shape index (κ3) is 3.05. The van der Waals surface area contributed by atoms with E-state index < -0.39 is 6.10 Å². The van der Waals surface area contributed by atoms with Gasteiger partial charge in [0.25, 0.3) is 0 Å². The summed E-state index contributed by atoms with van der Waals surface area (Å²) in [5.74, 6) is 0. The normalized spacial score (nSPS) is 15.7. The zero-order valence-electron chi connectivity index (χ0n) is 9.97. The third-order valence-corrected chi connectivity index (χ3v) is 3.02. The van der Waals surface area contributed by atoms with Gasteiger partial charge in [-0.2, -0.15) is 0 Å². The van der Waals surface area contributed by atoms with E-state index in [1.165, 1.54) is 0 Å². The van der Waals surface area contributed by atoms with Crippen LogP contribution in [0.5, 0.6) is 0 Å². The van der Waals surface area contributed by atoms with E-state index in [0.717, 1.165) is 5.56 Å². The van der Waals surface area contributed by atoms with Crippen LogP contribution in [-0.4, -0.2) is 24.0 Å². The average Bonchev–Trinajstić information content (AvgIpc) is 2.27. The van der Waals surface area contributed by atoms with Crippen molar-refractivity contribution in [2.24, 2.45) is 0 Å². The van der Waals surface area contributed by atoms with Crippen molar-refractivity contribution >= 4 is 0 Å². The number of hydrogen-bond donors (Lipinski definition) is 0. The highest BCUT2D eigenvalue weighted by atomic mass is 16.3. The van der Waals surface area contributed by atoms with Gasteiger partial charge in [0.1, 0.15) is 0 Å². The fraction of sp³-hybridized carbons (Fsp3) is 0.538. The number of benzene rings is 1. The first kappa shape index (κ1) is 12.2. The summed E-state index contributed by atoms with van der Waals surface area (Å²) in [7, 11) is 2.00. The van der Waals surface area contributed by atoms with Gasteiger partial charge < -0.3 is 10.0 Å². The zero-order valence-corrected chi connectivity index (χ0v) is 9.97. The standard InChI is InChI=1S/C13H20NO/c1-10(2)14(4)11(3)13(15)12-8-6-5-7-9-12/h5-11,13H,1-4H3/q-1/t11-,13-/m0/s1. The van der Waals surface area contributed by atoms with E-state index in [2.05, 4.69) is 18.7 Å². The molecule has 0 spiro atoms. The Bertz CT molecular complexity index is 284. The lowest BCUT2D eigenvalue weighted by molar-refractivity contribution is -0.438. The Kier molecular flexibility index (Phi) is 4.30. The third-order valence-electron chi connectivity index (χ3n) is 3.02. The van der Waals surface area contributed by atoms with Gasteiger partial charge in [0, 0.05) is 6.04 Å². The summed E-state index contributed by atoms with van der Waals surface area (Å²) in [6.07, 6.45) is -0.668. The van der Waals surface area contributed by atoms with E-state index in [1.807, 2.05) is 44.3 Å². The summed E-state index contributed by atoms with van der Waals surface area (Å²) >= 11 is 0. The van der Waals surface area contributed by atoms with E-state index >= 15 is 0 Å². The number of hydrogen-bond acceptors (Lipinski definition) is 2. The molecule has 15 heavy (non-hydrogen) atoms. The second-order valence-corrected chi connectivity index (χ2v) is 4.33. The fourth-order valence-corrected chi connectivity index (χ4v) is 1.61. The second-order valence-electron chi connectivity index (χ2n) is 4.33. The van der Waals surface area contributed by atoms with E-state index in [1.54, 1.807) is 0 Å². The van der Waals surface area contributed by atoms with Gasteiger partial charge in [-0.05, 0) is 26.9 Å². The lowest BCUT2D eigenvalue weighted by Gasteiger charge is -2.38. The molecule has 0 fully saturated rings. The van der Waals surface area contributed by atoms with Crippen LogP contribution in [0.4, 0.5) is 0 Å². The molecule has 0 aliphatic rings. The van der Waals surface area contributed by atoms with E-state index in [4.69, 9.17) is 0 Å². The lowest BCUT2D eigenvalue weighted by Crippen LogP contribution is -2.43. The number of likely N-dealkylation sites (N-methyl/N-ethyl adjacent to an activating group) is 1. The molecule has 0 saturated heterocycles. The van der Waals surface area contributed by atoms with Crippen molar-refractivity contribution in [1.29, 1.82) is 0 Å². The Labute approximate surface area is 92.5 Å². The maximum atomic E-state index is 12.1. The molecule has 0 unspecified atom stereocenters. The molecule has 0 amide bonds. The molecule has 1 aromatic rings. The van der Waals surface area contributed by atoms with Crippen LogP contribution in [0.1, 0.15) is 32.4 Å². The predicted molar refractivity (Wildman–Crippen MR) is 61.5 cm³/mol. The summed E-state index contributed by atoms with van der Waals surface area (Å²) in [5.41, 5.74) is 0.873. The van der Waals surface area contributed by atoms with Gasteiger partial charge in [0.05, 0.1) is 0 Å². The highest BCUT2D eigenvalue weighted by molar-refractivity contribution is 5.18. The van der Waals surface area contributed by atoms with E-state index in [-0.39, 0.29) is 6.04 Å². The molecule has 2 nitrogen and oxygen atoms in total. The highest BCUT2D eigenvalue weighted by Crippen LogP contribution is 2.18. The van der Waals surface area contributed by atoms with Gasteiger partial charge in [0.2, 0.25) is 0 Å². The van der Waals surface area contributed by atoms with Crippen molar-refractivity contribution in [2.75, 3.05) is 7.05 Å².